The zero-order valence-electron chi connectivity index (χ0n) is 10.2. The average molecular weight is 228 g/mol. The van der Waals surface area contributed by atoms with E-state index in [2.05, 4.69) is 27.5 Å². The van der Waals surface area contributed by atoms with Crippen molar-refractivity contribution in [1.29, 1.82) is 0 Å². The second-order valence-corrected chi connectivity index (χ2v) is 3.69. The molecule has 0 fully saturated rings. The van der Waals surface area contributed by atoms with Gasteiger partial charge in [0.2, 0.25) is 11.8 Å². The summed E-state index contributed by atoms with van der Waals surface area (Å²) in [5.74, 6) is 1.24. The van der Waals surface area contributed by atoms with Crippen molar-refractivity contribution in [2.45, 2.75) is 13.5 Å². The summed E-state index contributed by atoms with van der Waals surface area (Å²) in [5, 5.41) is 10.9. The molecule has 0 atom stereocenters. The number of nitrogens with zero attached hydrogens (tertiary/aromatic N) is 3. The normalized spacial score (nSPS) is 11.2. The van der Waals surface area contributed by atoms with Crippen LogP contribution in [0.2, 0.25) is 0 Å². The fourth-order valence-electron chi connectivity index (χ4n) is 1.23. The minimum atomic E-state index is 0.606. The summed E-state index contributed by atoms with van der Waals surface area (Å²) in [6, 6.07) is 0. The Balaban J connectivity index is 2.03. The molecule has 0 unspecified atom stereocenters. The zero-order chi connectivity index (χ0) is 11.8. The second-order valence-electron chi connectivity index (χ2n) is 3.69. The molecule has 1 heterocycles. The quantitative estimate of drug-likeness (QED) is 0.634. The van der Waals surface area contributed by atoms with Crippen LogP contribution in [0.3, 0.4) is 0 Å². The SMILES string of the molecule is COCCN(C)CCNCc1nnc(C)o1. The molecule has 1 aromatic rings. The minimum absolute atomic E-state index is 0.606. The highest BCUT2D eigenvalue weighted by molar-refractivity contribution is 4.77. The van der Waals surface area contributed by atoms with Crippen molar-refractivity contribution >= 4 is 0 Å². The van der Waals surface area contributed by atoms with Gasteiger partial charge >= 0.3 is 0 Å². The van der Waals surface area contributed by atoms with E-state index in [0.29, 0.717) is 18.3 Å². The molecule has 0 saturated heterocycles. The fourth-order valence-corrected chi connectivity index (χ4v) is 1.23. The average Bonchev–Trinajstić information content (AvgIpc) is 2.67. The first-order valence-corrected chi connectivity index (χ1v) is 5.39. The number of hydrogen-bond donors (Lipinski definition) is 1. The van der Waals surface area contributed by atoms with Crippen LogP contribution < -0.4 is 5.32 Å². The summed E-state index contributed by atoms with van der Waals surface area (Å²) < 4.78 is 10.2. The van der Waals surface area contributed by atoms with Crippen LogP contribution in [0.5, 0.6) is 0 Å². The third-order valence-corrected chi connectivity index (χ3v) is 2.19. The Kier molecular flexibility index (Phi) is 5.99. The fraction of sp³-hybridized carbons (Fsp3) is 0.800. The predicted octanol–water partition coefficient (Wildman–Crippen LogP) is 0.0458. The molecule has 0 saturated carbocycles. The third kappa shape index (κ3) is 5.20. The Morgan fingerprint density at radius 1 is 1.38 bits per heavy atom. The summed E-state index contributed by atoms with van der Waals surface area (Å²) in [4.78, 5) is 2.20. The summed E-state index contributed by atoms with van der Waals surface area (Å²) >= 11 is 0. The van der Waals surface area contributed by atoms with E-state index in [-0.39, 0.29) is 0 Å². The monoisotopic (exact) mass is 228 g/mol. The summed E-state index contributed by atoms with van der Waals surface area (Å²) in [7, 11) is 3.78. The molecular formula is C10H20N4O2. The maximum atomic E-state index is 5.24. The number of aromatic nitrogens is 2. The Labute approximate surface area is 96.0 Å². The van der Waals surface area contributed by atoms with Gasteiger partial charge in [-0.2, -0.15) is 0 Å². The molecule has 0 aliphatic carbocycles. The van der Waals surface area contributed by atoms with Crippen LogP contribution in [-0.4, -0.2) is 55.5 Å². The van der Waals surface area contributed by atoms with Crippen molar-refractivity contribution in [3.63, 3.8) is 0 Å². The molecular weight excluding hydrogens is 208 g/mol. The van der Waals surface area contributed by atoms with Crippen molar-refractivity contribution in [3.05, 3.63) is 11.8 Å². The summed E-state index contributed by atoms with van der Waals surface area (Å²) in [5.41, 5.74) is 0. The second kappa shape index (κ2) is 7.32. The van der Waals surface area contributed by atoms with Gasteiger partial charge in [-0.05, 0) is 7.05 Å². The number of methoxy groups -OCH3 is 1. The van der Waals surface area contributed by atoms with Gasteiger partial charge in [0, 0.05) is 33.7 Å². The first-order chi connectivity index (χ1) is 7.72. The van der Waals surface area contributed by atoms with Gasteiger partial charge in [-0.1, -0.05) is 0 Å². The summed E-state index contributed by atoms with van der Waals surface area (Å²) in [6.45, 7) is 5.98. The number of nitrogens with one attached hydrogen (secondary N) is 1. The van der Waals surface area contributed by atoms with Gasteiger partial charge in [-0.25, -0.2) is 0 Å². The Morgan fingerprint density at radius 2 is 2.19 bits per heavy atom. The molecule has 0 aliphatic rings. The van der Waals surface area contributed by atoms with Gasteiger partial charge in [0.05, 0.1) is 13.2 Å². The molecule has 6 heteroatoms. The highest BCUT2D eigenvalue weighted by Gasteiger charge is 2.01. The molecule has 0 amide bonds. The molecule has 1 rings (SSSR count). The third-order valence-electron chi connectivity index (χ3n) is 2.19. The van der Waals surface area contributed by atoms with Crippen molar-refractivity contribution in [2.24, 2.45) is 0 Å². The van der Waals surface area contributed by atoms with Crippen LogP contribution in [0.1, 0.15) is 11.8 Å². The van der Waals surface area contributed by atoms with Crippen LogP contribution in [0.4, 0.5) is 0 Å². The highest BCUT2D eigenvalue weighted by atomic mass is 16.5. The van der Waals surface area contributed by atoms with Crippen LogP contribution in [0, 0.1) is 6.92 Å². The van der Waals surface area contributed by atoms with Gasteiger partial charge in [0.25, 0.3) is 0 Å². The first-order valence-electron chi connectivity index (χ1n) is 5.39. The van der Waals surface area contributed by atoms with Gasteiger partial charge in [0.15, 0.2) is 0 Å². The van der Waals surface area contributed by atoms with E-state index in [0.717, 1.165) is 26.2 Å². The Bertz CT molecular complexity index is 290. The number of aryl methyl sites for hydroxylation is 1. The van der Waals surface area contributed by atoms with Crippen LogP contribution in [0.25, 0.3) is 0 Å². The maximum absolute atomic E-state index is 5.24. The van der Waals surface area contributed by atoms with Gasteiger partial charge in [-0.15, -0.1) is 10.2 Å². The molecule has 16 heavy (non-hydrogen) atoms. The lowest BCUT2D eigenvalue weighted by Gasteiger charge is -2.15. The van der Waals surface area contributed by atoms with E-state index in [4.69, 9.17) is 9.15 Å². The zero-order valence-corrected chi connectivity index (χ0v) is 10.2. The molecule has 0 aliphatic heterocycles. The van der Waals surface area contributed by atoms with Crippen molar-refractivity contribution in [2.75, 3.05) is 40.4 Å². The largest absolute Gasteiger partial charge is 0.424 e. The van der Waals surface area contributed by atoms with E-state index in [1.165, 1.54) is 0 Å². The van der Waals surface area contributed by atoms with E-state index in [1.807, 2.05) is 0 Å². The van der Waals surface area contributed by atoms with Crippen LogP contribution in [-0.2, 0) is 11.3 Å². The number of rotatable bonds is 8. The molecule has 0 radical (unpaired) electrons. The lowest BCUT2D eigenvalue weighted by atomic mass is 10.5. The van der Waals surface area contributed by atoms with E-state index in [9.17, 15) is 0 Å². The maximum Gasteiger partial charge on any atom is 0.230 e. The predicted molar refractivity (Wildman–Crippen MR) is 60.1 cm³/mol. The topological polar surface area (TPSA) is 63.4 Å². The van der Waals surface area contributed by atoms with Gasteiger partial charge in [0.1, 0.15) is 0 Å². The van der Waals surface area contributed by atoms with Crippen molar-refractivity contribution in [3.8, 4) is 0 Å². The molecule has 1 N–H and O–H groups in total. The van der Waals surface area contributed by atoms with E-state index in [1.54, 1.807) is 14.0 Å². The Morgan fingerprint density at radius 3 is 2.81 bits per heavy atom. The molecule has 0 bridgehead atoms. The first kappa shape index (κ1) is 13.1. The minimum Gasteiger partial charge on any atom is -0.424 e. The molecule has 1 aromatic heterocycles. The number of hydrogen-bond acceptors (Lipinski definition) is 6. The highest BCUT2D eigenvalue weighted by Crippen LogP contribution is 1.96. The lowest BCUT2D eigenvalue weighted by molar-refractivity contribution is 0.161. The molecule has 6 nitrogen and oxygen atoms in total. The van der Waals surface area contributed by atoms with Gasteiger partial charge in [-0.3, -0.25) is 0 Å². The van der Waals surface area contributed by atoms with Gasteiger partial charge < -0.3 is 19.4 Å². The van der Waals surface area contributed by atoms with Crippen LogP contribution in [0.15, 0.2) is 4.42 Å². The van der Waals surface area contributed by atoms with E-state index < -0.39 is 0 Å². The molecule has 0 aromatic carbocycles. The van der Waals surface area contributed by atoms with Crippen LogP contribution >= 0.6 is 0 Å². The molecule has 0 spiro atoms. The number of ether oxygens (including phenoxy) is 1. The van der Waals surface area contributed by atoms with Crippen molar-refractivity contribution < 1.29 is 9.15 Å². The van der Waals surface area contributed by atoms with E-state index >= 15 is 0 Å². The van der Waals surface area contributed by atoms with Crippen molar-refractivity contribution in [1.82, 2.24) is 20.4 Å². The standard InChI is InChI=1S/C10H20N4O2/c1-9-12-13-10(16-9)8-11-4-5-14(2)6-7-15-3/h11H,4-8H2,1-3H3. The lowest BCUT2D eigenvalue weighted by Crippen LogP contribution is -2.31. The molecule has 92 valence electrons. The number of likely N-dealkylation sites (N-methyl/N-ethyl adjacent to an activating group) is 1. The summed E-state index contributed by atoms with van der Waals surface area (Å²) in [6.07, 6.45) is 0. The smallest absolute Gasteiger partial charge is 0.230 e. The Hall–Kier alpha value is -0.980.